The van der Waals surface area contributed by atoms with E-state index in [-0.39, 0.29) is 5.78 Å². The van der Waals surface area contributed by atoms with Crippen molar-refractivity contribution >= 4 is 5.78 Å². The molecule has 0 saturated carbocycles. The Bertz CT molecular complexity index is 367. The van der Waals surface area contributed by atoms with Crippen LogP contribution in [0.25, 0.3) is 0 Å². The third kappa shape index (κ3) is 2.58. The van der Waals surface area contributed by atoms with Gasteiger partial charge < -0.3 is 4.74 Å². The zero-order valence-electron chi connectivity index (χ0n) is 9.89. The number of benzene rings is 1. The van der Waals surface area contributed by atoms with Gasteiger partial charge in [-0.1, -0.05) is 6.92 Å². The summed E-state index contributed by atoms with van der Waals surface area (Å²) < 4.78 is 5.47. The first-order valence-corrected chi connectivity index (χ1v) is 5.37. The molecule has 0 saturated heterocycles. The van der Waals surface area contributed by atoms with E-state index in [9.17, 15) is 4.79 Å². The van der Waals surface area contributed by atoms with Gasteiger partial charge in [0.1, 0.15) is 5.75 Å². The molecule has 1 rings (SSSR count). The van der Waals surface area contributed by atoms with Gasteiger partial charge in [-0.05, 0) is 44.0 Å². The summed E-state index contributed by atoms with van der Waals surface area (Å²) in [6.07, 6.45) is 0.516. The van der Waals surface area contributed by atoms with E-state index in [1.165, 1.54) is 0 Å². The maximum Gasteiger partial charge on any atom is 0.166 e. The third-order valence-electron chi connectivity index (χ3n) is 2.52. The molecule has 0 aliphatic carbocycles. The Morgan fingerprint density at radius 1 is 1.20 bits per heavy atom. The lowest BCUT2D eigenvalue weighted by Gasteiger charge is -2.11. The highest BCUT2D eigenvalue weighted by Gasteiger charge is 2.12. The SMILES string of the molecule is CCOc1cc(C)c(C)cc1C(=O)CC. The van der Waals surface area contributed by atoms with E-state index in [0.717, 1.165) is 11.1 Å². The van der Waals surface area contributed by atoms with Gasteiger partial charge in [-0.2, -0.15) is 0 Å². The minimum atomic E-state index is 0.140. The number of carbonyl (C=O) groups excluding carboxylic acids is 1. The summed E-state index contributed by atoms with van der Waals surface area (Å²) in [5.41, 5.74) is 3.00. The van der Waals surface area contributed by atoms with E-state index < -0.39 is 0 Å². The topological polar surface area (TPSA) is 26.3 Å². The average Bonchev–Trinajstić information content (AvgIpc) is 2.22. The molecule has 0 radical (unpaired) electrons. The molecule has 0 atom stereocenters. The lowest BCUT2D eigenvalue weighted by molar-refractivity contribution is 0.0984. The summed E-state index contributed by atoms with van der Waals surface area (Å²) in [6, 6.07) is 3.87. The molecular weight excluding hydrogens is 188 g/mol. The highest BCUT2D eigenvalue weighted by Crippen LogP contribution is 2.24. The largest absolute Gasteiger partial charge is 0.493 e. The zero-order chi connectivity index (χ0) is 11.4. The number of Topliss-reactive ketones (excluding diaryl/α,β-unsaturated/α-hetero) is 1. The molecule has 0 fully saturated rings. The predicted molar refractivity (Wildman–Crippen MR) is 61.7 cm³/mol. The number of carbonyl (C=O) groups is 1. The predicted octanol–water partition coefficient (Wildman–Crippen LogP) is 3.29. The first-order valence-electron chi connectivity index (χ1n) is 5.37. The molecule has 1 aromatic carbocycles. The van der Waals surface area contributed by atoms with Crippen LogP contribution in [0.4, 0.5) is 0 Å². The standard InChI is InChI=1S/C13H18O2/c1-5-12(14)11-7-9(3)10(4)8-13(11)15-6-2/h7-8H,5-6H2,1-4H3. The van der Waals surface area contributed by atoms with Crippen LogP contribution in [0.5, 0.6) is 5.75 Å². The van der Waals surface area contributed by atoms with Crippen LogP contribution >= 0.6 is 0 Å². The van der Waals surface area contributed by atoms with Crippen LogP contribution in [0, 0.1) is 13.8 Å². The molecule has 0 bridgehead atoms. The van der Waals surface area contributed by atoms with Crippen molar-refractivity contribution in [2.24, 2.45) is 0 Å². The molecule has 0 aliphatic rings. The number of hydrogen-bond donors (Lipinski definition) is 0. The van der Waals surface area contributed by atoms with Gasteiger partial charge in [-0.15, -0.1) is 0 Å². The van der Waals surface area contributed by atoms with Crippen LogP contribution in [-0.4, -0.2) is 12.4 Å². The second kappa shape index (κ2) is 4.96. The van der Waals surface area contributed by atoms with Gasteiger partial charge in [0.05, 0.1) is 12.2 Å². The molecule has 0 unspecified atom stereocenters. The number of hydrogen-bond acceptors (Lipinski definition) is 2. The van der Waals surface area contributed by atoms with Gasteiger partial charge in [0.2, 0.25) is 0 Å². The van der Waals surface area contributed by atoms with Crippen LogP contribution in [0.15, 0.2) is 12.1 Å². The summed E-state index contributed by atoms with van der Waals surface area (Å²) in [5, 5.41) is 0. The first-order chi connectivity index (χ1) is 7.10. The van der Waals surface area contributed by atoms with E-state index in [1.54, 1.807) is 0 Å². The second-order valence-corrected chi connectivity index (χ2v) is 3.64. The molecule has 0 aliphatic heterocycles. The van der Waals surface area contributed by atoms with Crippen molar-refractivity contribution in [1.29, 1.82) is 0 Å². The fraction of sp³-hybridized carbons (Fsp3) is 0.462. The van der Waals surface area contributed by atoms with Crippen LogP contribution in [0.2, 0.25) is 0 Å². The summed E-state index contributed by atoms with van der Waals surface area (Å²) in [4.78, 5) is 11.7. The molecule has 0 amide bonds. The number of ether oxygens (including phenoxy) is 1. The smallest absolute Gasteiger partial charge is 0.166 e. The molecule has 0 aromatic heterocycles. The van der Waals surface area contributed by atoms with Gasteiger partial charge in [-0.3, -0.25) is 4.79 Å². The molecule has 82 valence electrons. The Morgan fingerprint density at radius 2 is 1.80 bits per heavy atom. The summed E-state index contributed by atoms with van der Waals surface area (Å²) >= 11 is 0. The highest BCUT2D eigenvalue weighted by atomic mass is 16.5. The Labute approximate surface area is 91.3 Å². The molecule has 0 N–H and O–H groups in total. The van der Waals surface area contributed by atoms with Crippen LogP contribution in [-0.2, 0) is 0 Å². The average molecular weight is 206 g/mol. The van der Waals surface area contributed by atoms with E-state index >= 15 is 0 Å². The fourth-order valence-corrected chi connectivity index (χ4v) is 1.47. The maximum atomic E-state index is 11.7. The van der Waals surface area contributed by atoms with Crippen molar-refractivity contribution in [3.63, 3.8) is 0 Å². The Balaban J connectivity index is 3.21. The van der Waals surface area contributed by atoms with Gasteiger partial charge in [0, 0.05) is 6.42 Å². The van der Waals surface area contributed by atoms with Crippen molar-refractivity contribution in [3.8, 4) is 5.75 Å². The van der Waals surface area contributed by atoms with Crippen molar-refractivity contribution < 1.29 is 9.53 Å². The van der Waals surface area contributed by atoms with Crippen LogP contribution in [0.1, 0.15) is 41.8 Å². The van der Waals surface area contributed by atoms with Crippen LogP contribution in [0.3, 0.4) is 0 Å². The quantitative estimate of drug-likeness (QED) is 0.706. The lowest BCUT2D eigenvalue weighted by Crippen LogP contribution is -2.04. The molecule has 1 aromatic rings. The molecule has 15 heavy (non-hydrogen) atoms. The molecular formula is C13H18O2. The van der Waals surface area contributed by atoms with E-state index in [4.69, 9.17) is 4.74 Å². The normalized spacial score (nSPS) is 10.1. The van der Waals surface area contributed by atoms with Gasteiger partial charge >= 0.3 is 0 Å². The third-order valence-corrected chi connectivity index (χ3v) is 2.52. The highest BCUT2D eigenvalue weighted by molar-refractivity contribution is 5.98. The lowest BCUT2D eigenvalue weighted by atomic mass is 10.0. The minimum Gasteiger partial charge on any atom is -0.493 e. The Kier molecular flexibility index (Phi) is 3.89. The van der Waals surface area contributed by atoms with Crippen molar-refractivity contribution in [3.05, 3.63) is 28.8 Å². The number of rotatable bonds is 4. The number of aryl methyl sites for hydroxylation is 2. The van der Waals surface area contributed by atoms with Gasteiger partial charge in [0.15, 0.2) is 5.78 Å². The summed E-state index contributed by atoms with van der Waals surface area (Å²) in [5.74, 6) is 0.856. The molecule has 0 spiro atoms. The van der Waals surface area contributed by atoms with Crippen molar-refractivity contribution in [2.75, 3.05) is 6.61 Å². The van der Waals surface area contributed by atoms with Crippen LogP contribution < -0.4 is 4.74 Å². The van der Waals surface area contributed by atoms with Crippen molar-refractivity contribution in [1.82, 2.24) is 0 Å². The van der Waals surface area contributed by atoms with Crippen molar-refractivity contribution in [2.45, 2.75) is 34.1 Å². The molecule has 2 nitrogen and oxygen atoms in total. The molecule has 2 heteroatoms. The summed E-state index contributed by atoms with van der Waals surface area (Å²) in [6.45, 7) is 8.42. The van der Waals surface area contributed by atoms with Gasteiger partial charge in [-0.25, -0.2) is 0 Å². The van der Waals surface area contributed by atoms with E-state index in [2.05, 4.69) is 0 Å². The van der Waals surface area contributed by atoms with E-state index in [1.807, 2.05) is 39.8 Å². The van der Waals surface area contributed by atoms with Gasteiger partial charge in [0.25, 0.3) is 0 Å². The molecule has 0 heterocycles. The number of ketones is 1. The monoisotopic (exact) mass is 206 g/mol. The van der Waals surface area contributed by atoms with E-state index in [0.29, 0.717) is 24.3 Å². The minimum absolute atomic E-state index is 0.140. The second-order valence-electron chi connectivity index (χ2n) is 3.64. The summed E-state index contributed by atoms with van der Waals surface area (Å²) in [7, 11) is 0. The Morgan fingerprint density at radius 3 is 2.33 bits per heavy atom. The fourth-order valence-electron chi connectivity index (χ4n) is 1.47. The first kappa shape index (κ1) is 11.8. The zero-order valence-corrected chi connectivity index (χ0v) is 9.89. The Hall–Kier alpha value is -1.31. The maximum absolute atomic E-state index is 11.7.